The maximum atomic E-state index is 11.5. The Kier molecular flexibility index (Phi) is 5.92. The molecule has 106 valence electrons. The van der Waals surface area contributed by atoms with Gasteiger partial charge in [-0.1, -0.05) is 18.2 Å². The lowest BCUT2D eigenvalue weighted by Crippen LogP contribution is -2.38. The van der Waals surface area contributed by atoms with Crippen LogP contribution < -0.4 is 15.4 Å². The number of nitrogens with one attached hydrogen (secondary N) is 2. The van der Waals surface area contributed by atoms with E-state index in [0.29, 0.717) is 19.7 Å². The summed E-state index contributed by atoms with van der Waals surface area (Å²) in [4.78, 5) is 11.5. The van der Waals surface area contributed by atoms with E-state index < -0.39 is 0 Å². The molecule has 1 heterocycles. The monoisotopic (exact) mass is 290 g/mol. The second-order valence-electron chi connectivity index (χ2n) is 4.23. The number of carbonyl (C=O) groups excluding carboxylic acids is 1. The zero-order valence-corrected chi connectivity index (χ0v) is 12.0. The summed E-state index contributed by atoms with van der Waals surface area (Å²) in [6.45, 7) is 1.59. The first-order chi connectivity index (χ1) is 9.84. The van der Waals surface area contributed by atoms with Crippen molar-refractivity contribution in [1.29, 1.82) is 0 Å². The second kappa shape index (κ2) is 8.22. The molecule has 4 nitrogen and oxygen atoms in total. The normalized spacial score (nSPS) is 10.0. The number of rotatable bonds is 7. The number of benzene rings is 1. The number of para-hydroxylation sites is 1. The third-order valence-electron chi connectivity index (χ3n) is 2.68. The molecule has 0 bridgehead atoms. The highest BCUT2D eigenvalue weighted by molar-refractivity contribution is 7.07. The van der Waals surface area contributed by atoms with Gasteiger partial charge in [0.25, 0.3) is 0 Å². The summed E-state index contributed by atoms with van der Waals surface area (Å²) in [5.41, 5.74) is 1.25. The van der Waals surface area contributed by atoms with Gasteiger partial charge in [0.2, 0.25) is 0 Å². The van der Waals surface area contributed by atoms with Crippen LogP contribution in [-0.2, 0) is 6.42 Å². The van der Waals surface area contributed by atoms with Crippen LogP contribution in [0, 0.1) is 0 Å². The van der Waals surface area contributed by atoms with Crippen molar-refractivity contribution in [1.82, 2.24) is 10.6 Å². The van der Waals surface area contributed by atoms with Crippen molar-refractivity contribution in [2.24, 2.45) is 0 Å². The van der Waals surface area contributed by atoms with Gasteiger partial charge in [0, 0.05) is 6.54 Å². The van der Waals surface area contributed by atoms with Gasteiger partial charge in [-0.05, 0) is 40.9 Å². The molecule has 0 saturated heterocycles. The van der Waals surface area contributed by atoms with E-state index in [1.807, 2.05) is 35.7 Å². The minimum absolute atomic E-state index is 0.156. The molecule has 2 N–H and O–H groups in total. The predicted octanol–water partition coefficient (Wildman–Crippen LogP) is 2.67. The van der Waals surface area contributed by atoms with Crippen LogP contribution >= 0.6 is 11.3 Å². The van der Waals surface area contributed by atoms with Crippen molar-refractivity contribution in [3.05, 3.63) is 52.7 Å². The fourth-order valence-corrected chi connectivity index (χ4v) is 2.37. The van der Waals surface area contributed by atoms with Crippen LogP contribution in [0.5, 0.6) is 5.75 Å². The molecule has 1 aromatic heterocycles. The minimum atomic E-state index is -0.156. The number of urea groups is 1. The number of ether oxygens (including phenoxy) is 1. The van der Waals surface area contributed by atoms with E-state index in [-0.39, 0.29) is 6.03 Å². The van der Waals surface area contributed by atoms with Gasteiger partial charge in [0.15, 0.2) is 0 Å². The summed E-state index contributed by atoms with van der Waals surface area (Å²) in [6.07, 6.45) is 0.859. The van der Waals surface area contributed by atoms with Gasteiger partial charge in [-0.15, -0.1) is 0 Å². The van der Waals surface area contributed by atoms with Crippen LogP contribution in [0.3, 0.4) is 0 Å². The summed E-state index contributed by atoms with van der Waals surface area (Å²) >= 11 is 1.67. The first-order valence-corrected chi connectivity index (χ1v) is 7.49. The van der Waals surface area contributed by atoms with Gasteiger partial charge in [-0.3, -0.25) is 0 Å². The molecule has 0 aliphatic rings. The molecule has 0 aliphatic heterocycles. The zero-order chi connectivity index (χ0) is 14.0. The largest absolute Gasteiger partial charge is 0.492 e. The fraction of sp³-hybridized carbons (Fsp3) is 0.267. The van der Waals surface area contributed by atoms with E-state index >= 15 is 0 Å². The molecule has 1 aromatic carbocycles. The van der Waals surface area contributed by atoms with Crippen LogP contribution in [0.1, 0.15) is 5.56 Å². The average Bonchev–Trinajstić information content (AvgIpc) is 2.98. The highest BCUT2D eigenvalue weighted by Crippen LogP contribution is 2.07. The average molecular weight is 290 g/mol. The van der Waals surface area contributed by atoms with Gasteiger partial charge in [-0.2, -0.15) is 11.3 Å². The molecule has 2 rings (SSSR count). The van der Waals surface area contributed by atoms with Crippen molar-refractivity contribution in [2.75, 3.05) is 19.7 Å². The number of amides is 2. The van der Waals surface area contributed by atoms with Gasteiger partial charge < -0.3 is 15.4 Å². The van der Waals surface area contributed by atoms with E-state index in [1.54, 1.807) is 11.3 Å². The number of hydrogen-bond acceptors (Lipinski definition) is 3. The molecule has 0 spiro atoms. The predicted molar refractivity (Wildman–Crippen MR) is 81.4 cm³/mol. The molecule has 0 radical (unpaired) electrons. The lowest BCUT2D eigenvalue weighted by Gasteiger charge is -2.08. The highest BCUT2D eigenvalue weighted by atomic mass is 32.1. The second-order valence-corrected chi connectivity index (χ2v) is 5.01. The molecule has 0 saturated carbocycles. The zero-order valence-electron chi connectivity index (χ0n) is 11.2. The lowest BCUT2D eigenvalue weighted by atomic mass is 10.2. The topological polar surface area (TPSA) is 50.4 Å². The Bertz CT molecular complexity index is 500. The smallest absolute Gasteiger partial charge is 0.314 e. The highest BCUT2D eigenvalue weighted by Gasteiger charge is 2.00. The third kappa shape index (κ3) is 5.32. The lowest BCUT2D eigenvalue weighted by molar-refractivity contribution is 0.236. The van der Waals surface area contributed by atoms with E-state index in [2.05, 4.69) is 22.1 Å². The summed E-state index contributed by atoms with van der Waals surface area (Å²) in [6, 6.07) is 11.5. The van der Waals surface area contributed by atoms with Gasteiger partial charge in [-0.25, -0.2) is 4.79 Å². The fourth-order valence-electron chi connectivity index (χ4n) is 1.67. The molecule has 20 heavy (non-hydrogen) atoms. The minimum Gasteiger partial charge on any atom is -0.492 e. The number of thiophene rings is 1. The number of carbonyl (C=O) groups is 1. The molecule has 5 heteroatoms. The Labute approximate surface area is 122 Å². The summed E-state index contributed by atoms with van der Waals surface area (Å²) in [5.74, 6) is 0.812. The first-order valence-electron chi connectivity index (χ1n) is 6.55. The molecule has 0 atom stereocenters. The van der Waals surface area contributed by atoms with Crippen LogP contribution in [0.15, 0.2) is 47.2 Å². The number of hydrogen-bond donors (Lipinski definition) is 2. The van der Waals surface area contributed by atoms with Gasteiger partial charge >= 0.3 is 6.03 Å². The first kappa shape index (κ1) is 14.4. The summed E-state index contributed by atoms with van der Waals surface area (Å²) < 4.78 is 5.48. The maximum Gasteiger partial charge on any atom is 0.314 e. The molecular weight excluding hydrogens is 272 g/mol. The van der Waals surface area contributed by atoms with Gasteiger partial charge in [0.05, 0.1) is 6.54 Å². The van der Waals surface area contributed by atoms with Crippen molar-refractivity contribution in [3.63, 3.8) is 0 Å². The van der Waals surface area contributed by atoms with Crippen molar-refractivity contribution < 1.29 is 9.53 Å². The van der Waals surface area contributed by atoms with Crippen LogP contribution in [0.4, 0.5) is 4.79 Å². The van der Waals surface area contributed by atoms with Crippen LogP contribution in [0.25, 0.3) is 0 Å². The van der Waals surface area contributed by atoms with E-state index in [4.69, 9.17) is 4.74 Å². The SMILES string of the molecule is O=C(NCCOc1ccccc1)NCCc1ccsc1. The van der Waals surface area contributed by atoms with Crippen molar-refractivity contribution in [2.45, 2.75) is 6.42 Å². The quantitative estimate of drug-likeness (QED) is 0.770. The Hall–Kier alpha value is -2.01. The molecular formula is C15H18N2O2S. The van der Waals surface area contributed by atoms with Crippen molar-refractivity contribution in [3.8, 4) is 5.75 Å². The van der Waals surface area contributed by atoms with Gasteiger partial charge in [0.1, 0.15) is 12.4 Å². The maximum absolute atomic E-state index is 11.5. The molecule has 2 amide bonds. The van der Waals surface area contributed by atoms with Crippen LogP contribution in [-0.4, -0.2) is 25.7 Å². The van der Waals surface area contributed by atoms with E-state index in [1.165, 1.54) is 5.56 Å². The molecule has 2 aromatic rings. The van der Waals surface area contributed by atoms with Crippen LogP contribution in [0.2, 0.25) is 0 Å². The summed E-state index contributed by atoms with van der Waals surface area (Å²) in [7, 11) is 0. The van der Waals surface area contributed by atoms with Crippen molar-refractivity contribution >= 4 is 17.4 Å². The Morgan fingerprint density at radius 2 is 1.90 bits per heavy atom. The summed E-state index contributed by atoms with van der Waals surface area (Å²) in [5, 5.41) is 9.71. The Morgan fingerprint density at radius 3 is 2.65 bits per heavy atom. The standard InChI is InChI=1S/C15H18N2O2S/c18-15(16-8-6-13-7-11-20-12-13)17-9-10-19-14-4-2-1-3-5-14/h1-5,7,11-12H,6,8-10H2,(H2,16,17,18). The van der Waals surface area contributed by atoms with E-state index in [9.17, 15) is 4.79 Å². The molecule has 0 unspecified atom stereocenters. The Balaban J connectivity index is 1.52. The van der Waals surface area contributed by atoms with E-state index in [0.717, 1.165) is 12.2 Å². The molecule has 0 aliphatic carbocycles. The Morgan fingerprint density at radius 1 is 1.10 bits per heavy atom. The third-order valence-corrected chi connectivity index (χ3v) is 3.41. The molecule has 0 fully saturated rings.